The summed E-state index contributed by atoms with van der Waals surface area (Å²) < 4.78 is 0. The highest BCUT2D eigenvalue weighted by atomic mass is 16.4. The van der Waals surface area contributed by atoms with Gasteiger partial charge in [0.2, 0.25) is 5.91 Å². The molecule has 5 nitrogen and oxygen atoms in total. The molecule has 0 aliphatic carbocycles. The van der Waals surface area contributed by atoms with Crippen LogP contribution in [0.25, 0.3) is 0 Å². The van der Waals surface area contributed by atoms with Crippen molar-refractivity contribution >= 4 is 11.9 Å². The molecule has 1 atom stereocenters. The highest BCUT2D eigenvalue weighted by molar-refractivity contribution is 5.93. The minimum Gasteiger partial charge on any atom is -0.481 e. The van der Waals surface area contributed by atoms with E-state index in [1.807, 2.05) is 0 Å². The van der Waals surface area contributed by atoms with E-state index in [2.05, 4.69) is 10.2 Å². The van der Waals surface area contributed by atoms with Crippen molar-refractivity contribution in [1.29, 1.82) is 0 Å². The summed E-state index contributed by atoms with van der Waals surface area (Å²) in [6.07, 6.45) is 1.83. The fourth-order valence-electron chi connectivity index (χ4n) is 2.52. The molecule has 3 heterocycles. The lowest BCUT2D eigenvalue weighted by Gasteiger charge is -2.44. The SMILES string of the molecule is O=C(O)CC(=O)NC1CN2CCC1CC2. The van der Waals surface area contributed by atoms with Gasteiger partial charge in [-0.15, -0.1) is 0 Å². The summed E-state index contributed by atoms with van der Waals surface area (Å²) in [4.78, 5) is 24.0. The number of piperidine rings is 3. The molecule has 3 aliphatic heterocycles. The minimum atomic E-state index is -1.06. The van der Waals surface area contributed by atoms with Crippen molar-refractivity contribution < 1.29 is 14.7 Å². The van der Waals surface area contributed by atoms with Crippen molar-refractivity contribution in [2.75, 3.05) is 19.6 Å². The molecule has 0 aromatic carbocycles. The topological polar surface area (TPSA) is 69.6 Å². The monoisotopic (exact) mass is 212 g/mol. The van der Waals surface area contributed by atoms with E-state index in [0.29, 0.717) is 5.92 Å². The lowest BCUT2D eigenvalue weighted by Crippen LogP contribution is -2.57. The number of carboxylic acids is 1. The molecule has 1 amide bonds. The van der Waals surface area contributed by atoms with Crippen LogP contribution in [0.5, 0.6) is 0 Å². The van der Waals surface area contributed by atoms with Gasteiger partial charge in [-0.1, -0.05) is 0 Å². The number of carbonyl (C=O) groups excluding carboxylic acids is 1. The molecule has 5 heteroatoms. The maximum absolute atomic E-state index is 11.3. The largest absolute Gasteiger partial charge is 0.481 e. The number of aliphatic carboxylic acids is 1. The van der Waals surface area contributed by atoms with Crippen LogP contribution in [0.15, 0.2) is 0 Å². The molecule has 84 valence electrons. The van der Waals surface area contributed by atoms with Crippen LogP contribution in [0.1, 0.15) is 19.3 Å². The van der Waals surface area contributed by atoms with Gasteiger partial charge < -0.3 is 15.3 Å². The smallest absolute Gasteiger partial charge is 0.312 e. The number of carboxylic acid groups (broad SMARTS) is 1. The van der Waals surface area contributed by atoms with Crippen LogP contribution in [0.2, 0.25) is 0 Å². The Morgan fingerprint density at radius 2 is 2.00 bits per heavy atom. The molecular formula is C10H16N2O3. The van der Waals surface area contributed by atoms with E-state index in [0.717, 1.165) is 32.5 Å². The second-order valence-corrected chi connectivity index (χ2v) is 4.38. The summed E-state index contributed by atoms with van der Waals surface area (Å²) in [5, 5.41) is 11.3. The molecule has 3 fully saturated rings. The molecule has 0 aromatic heterocycles. The number of nitrogens with zero attached hydrogens (tertiary/aromatic N) is 1. The quantitative estimate of drug-likeness (QED) is 0.629. The summed E-state index contributed by atoms with van der Waals surface area (Å²) in [6, 6.07) is 0.166. The number of hydrogen-bond acceptors (Lipinski definition) is 3. The second kappa shape index (κ2) is 4.18. The zero-order valence-corrected chi connectivity index (χ0v) is 8.61. The Balaban J connectivity index is 1.84. The van der Waals surface area contributed by atoms with Crippen LogP contribution in [0, 0.1) is 5.92 Å². The maximum atomic E-state index is 11.3. The van der Waals surface area contributed by atoms with Crippen LogP contribution in [-0.4, -0.2) is 47.6 Å². The molecule has 1 unspecified atom stereocenters. The number of nitrogens with one attached hydrogen (secondary N) is 1. The standard InChI is InChI=1S/C10H16N2O3/c13-9(5-10(14)15)11-8-6-12-3-1-7(8)2-4-12/h7-8H,1-6H2,(H,11,13)(H,14,15). The summed E-state index contributed by atoms with van der Waals surface area (Å²) >= 11 is 0. The van der Waals surface area contributed by atoms with Gasteiger partial charge in [0.15, 0.2) is 0 Å². The Morgan fingerprint density at radius 1 is 1.33 bits per heavy atom. The van der Waals surface area contributed by atoms with E-state index in [1.165, 1.54) is 0 Å². The van der Waals surface area contributed by atoms with Gasteiger partial charge in [0, 0.05) is 12.6 Å². The van der Waals surface area contributed by atoms with E-state index >= 15 is 0 Å². The third-order valence-electron chi connectivity index (χ3n) is 3.31. The van der Waals surface area contributed by atoms with Crippen molar-refractivity contribution in [2.24, 2.45) is 5.92 Å². The molecule has 15 heavy (non-hydrogen) atoms. The summed E-state index contributed by atoms with van der Waals surface area (Å²) in [5.41, 5.74) is 0. The normalized spacial score (nSPS) is 33.7. The molecule has 0 aromatic rings. The van der Waals surface area contributed by atoms with E-state index < -0.39 is 12.4 Å². The Hall–Kier alpha value is -1.10. The van der Waals surface area contributed by atoms with Crippen molar-refractivity contribution in [2.45, 2.75) is 25.3 Å². The predicted molar refractivity (Wildman–Crippen MR) is 53.3 cm³/mol. The van der Waals surface area contributed by atoms with Gasteiger partial charge in [-0.3, -0.25) is 9.59 Å². The molecule has 0 spiro atoms. The summed E-state index contributed by atoms with van der Waals surface area (Å²) in [5.74, 6) is -0.872. The van der Waals surface area contributed by atoms with E-state index in [9.17, 15) is 9.59 Å². The first-order valence-corrected chi connectivity index (χ1v) is 5.38. The fraction of sp³-hybridized carbons (Fsp3) is 0.800. The van der Waals surface area contributed by atoms with Gasteiger partial charge in [0.05, 0.1) is 0 Å². The lowest BCUT2D eigenvalue weighted by atomic mass is 9.84. The van der Waals surface area contributed by atoms with Crippen LogP contribution < -0.4 is 5.32 Å². The van der Waals surface area contributed by atoms with Gasteiger partial charge >= 0.3 is 5.97 Å². The average molecular weight is 212 g/mol. The third-order valence-corrected chi connectivity index (χ3v) is 3.31. The molecular weight excluding hydrogens is 196 g/mol. The molecule has 0 saturated carbocycles. The zero-order valence-electron chi connectivity index (χ0n) is 8.61. The van der Waals surface area contributed by atoms with Gasteiger partial charge in [-0.05, 0) is 31.8 Å². The molecule has 3 rings (SSSR count). The highest BCUT2D eigenvalue weighted by Crippen LogP contribution is 2.27. The van der Waals surface area contributed by atoms with E-state index in [1.54, 1.807) is 0 Å². The second-order valence-electron chi connectivity index (χ2n) is 4.38. The fourth-order valence-corrected chi connectivity index (χ4v) is 2.52. The highest BCUT2D eigenvalue weighted by Gasteiger charge is 2.34. The molecule has 3 aliphatic rings. The molecule has 2 N–H and O–H groups in total. The van der Waals surface area contributed by atoms with E-state index in [4.69, 9.17) is 5.11 Å². The average Bonchev–Trinajstić information content (AvgIpc) is 2.17. The van der Waals surface area contributed by atoms with Crippen molar-refractivity contribution in [3.8, 4) is 0 Å². The minimum absolute atomic E-state index is 0.166. The Bertz CT molecular complexity index is 272. The Kier molecular flexibility index (Phi) is 2.90. The number of rotatable bonds is 3. The lowest BCUT2D eigenvalue weighted by molar-refractivity contribution is -0.141. The van der Waals surface area contributed by atoms with Crippen LogP contribution in [-0.2, 0) is 9.59 Å². The van der Waals surface area contributed by atoms with Gasteiger partial charge in [0.1, 0.15) is 6.42 Å². The number of carbonyl (C=O) groups is 2. The first kappa shape index (κ1) is 10.4. The van der Waals surface area contributed by atoms with Crippen LogP contribution >= 0.6 is 0 Å². The first-order chi connectivity index (χ1) is 7.15. The Morgan fingerprint density at radius 3 is 2.47 bits per heavy atom. The molecule has 3 saturated heterocycles. The van der Waals surface area contributed by atoms with Gasteiger partial charge in [-0.25, -0.2) is 0 Å². The maximum Gasteiger partial charge on any atom is 0.312 e. The Labute approximate surface area is 88.4 Å². The summed E-state index contributed by atoms with van der Waals surface area (Å²) in [7, 11) is 0. The summed E-state index contributed by atoms with van der Waals surface area (Å²) in [6.45, 7) is 3.13. The van der Waals surface area contributed by atoms with Crippen molar-refractivity contribution in [3.05, 3.63) is 0 Å². The first-order valence-electron chi connectivity index (χ1n) is 5.38. The number of amides is 1. The number of hydrogen-bond donors (Lipinski definition) is 2. The van der Waals surface area contributed by atoms with Crippen LogP contribution in [0.4, 0.5) is 0 Å². The molecule has 2 bridgehead atoms. The van der Waals surface area contributed by atoms with Crippen LogP contribution in [0.3, 0.4) is 0 Å². The van der Waals surface area contributed by atoms with E-state index in [-0.39, 0.29) is 11.9 Å². The van der Waals surface area contributed by atoms with Crippen molar-refractivity contribution in [1.82, 2.24) is 10.2 Å². The molecule has 0 radical (unpaired) electrons. The van der Waals surface area contributed by atoms with Gasteiger partial charge in [-0.2, -0.15) is 0 Å². The third kappa shape index (κ3) is 2.47. The van der Waals surface area contributed by atoms with Gasteiger partial charge in [0.25, 0.3) is 0 Å². The van der Waals surface area contributed by atoms with Crippen molar-refractivity contribution in [3.63, 3.8) is 0 Å². The zero-order chi connectivity index (χ0) is 10.8. The predicted octanol–water partition coefficient (Wildman–Crippen LogP) is -0.329. The number of fused-ring (bicyclic) bond motifs is 3.